The Morgan fingerprint density at radius 3 is 3.06 bits per heavy atom. The number of hydrogen-bond donors (Lipinski definition) is 1. The summed E-state index contributed by atoms with van der Waals surface area (Å²) >= 11 is 7.43. The summed E-state index contributed by atoms with van der Waals surface area (Å²) in [5.74, 6) is -0.197. The minimum absolute atomic E-state index is 0.197. The number of rotatable bonds is 4. The van der Waals surface area contributed by atoms with Gasteiger partial charge >= 0.3 is 0 Å². The SMILES string of the molecule is CCn1ncc(Cl)c1C(=O)C(N)c1cccs1. The van der Waals surface area contributed by atoms with Crippen LogP contribution in [-0.4, -0.2) is 15.6 Å². The van der Waals surface area contributed by atoms with Crippen LogP contribution in [0, 0.1) is 0 Å². The topological polar surface area (TPSA) is 60.9 Å². The molecule has 0 spiro atoms. The number of carbonyl (C=O) groups excluding carboxylic acids is 1. The maximum absolute atomic E-state index is 12.2. The molecule has 90 valence electrons. The Morgan fingerprint density at radius 2 is 2.47 bits per heavy atom. The predicted octanol–water partition coefficient (Wildman–Crippen LogP) is 2.50. The minimum atomic E-state index is -0.672. The third-order valence-electron chi connectivity index (χ3n) is 2.46. The summed E-state index contributed by atoms with van der Waals surface area (Å²) in [6.07, 6.45) is 1.47. The molecule has 0 bridgehead atoms. The predicted molar refractivity (Wildman–Crippen MR) is 68.5 cm³/mol. The highest BCUT2D eigenvalue weighted by Crippen LogP contribution is 2.24. The molecule has 2 aromatic heterocycles. The van der Waals surface area contributed by atoms with Gasteiger partial charge in [-0.1, -0.05) is 17.7 Å². The second-order valence-corrected chi connectivity index (χ2v) is 4.90. The highest BCUT2D eigenvalue weighted by molar-refractivity contribution is 7.10. The molecule has 2 aromatic rings. The van der Waals surface area contributed by atoms with E-state index in [1.807, 2.05) is 24.4 Å². The lowest BCUT2D eigenvalue weighted by Crippen LogP contribution is -2.23. The summed E-state index contributed by atoms with van der Waals surface area (Å²) in [5.41, 5.74) is 6.31. The third kappa shape index (κ3) is 2.26. The highest BCUT2D eigenvalue weighted by Gasteiger charge is 2.24. The average Bonchev–Trinajstić information content (AvgIpc) is 2.96. The summed E-state index contributed by atoms with van der Waals surface area (Å²) in [5, 5.41) is 6.27. The molecule has 0 saturated carbocycles. The highest BCUT2D eigenvalue weighted by atomic mass is 35.5. The first-order chi connectivity index (χ1) is 8.15. The van der Waals surface area contributed by atoms with Crippen LogP contribution in [0.4, 0.5) is 0 Å². The number of nitrogens with two attached hydrogens (primary N) is 1. The number of Topliss-reactive ketones (excluding diaryl/α,β-unsaturated/α-hetero) is 1. The number of nitrogens with zero attached hydrogens (tertiary/aromatic N) is 2. The van der Waals surface area contributed by atoms with Crippen molar-refractivity contribution in [1.29, 1.82) is 0 Å². The lowest BCUT2D eigenvalue weighted by atomic mass is 10.1. The molecule has 0 aliphatic carbocycles. The van der Waals surface area contributed by atoms with Crippen LogP contribution >= 0.6 is 22.9 Å². The summed E-state index contributed by atoms with van der Waals surface area (Å²) in [7, 11) is 0. The molecule has 2 heterocycles. The monoisotopic (exact) mass is 269 g/mol. The van der Waals surface area contributed by atoms with Crippen LogP contribution in [0.15, 0.2) is 23.7 Å². The van der Waals surface area contributed by atoms with Crippen LogP contribution in [0.5, 0.6) is 0 Å². The zero-order valence-corrected chi connectivity index (χ0v) is 10.8. The van der Waals surface area contributed by atoms with Crippen molar-refractivity contribution >= 4 is 28.7 Å². The second kappa shape index (κ2) is 5.00. The fourth-order valence-electron chi connectivity index (χ4n) is 1.59. The Bertz CT molecular complexity index is 521. The zero-order chi connectivity index (χ0) is 12.4. The molecule has 1 atom stereocenters. The molecule has 0 fully saturated rings. The van der Waals surface area contributed by atoms with Crippen LogP contribution in [0.25, 0.3) is 0 Å². The molecule has 2 rings (SSSR count). The van der Waals surface area contributed by atoms with Crippen molar-refractivity contribution in [1.82, 2.24) is 9.78 Å². The van der Waals surface area contributed by atoms with E-state index in [9.17, 15) is 4.79 Å². The summed E-state index contributed by atoms with van der Waals surface area (Å²) in [6.45, 7) is 2.49. The van der Waals surface area contributed by atoms with Crippen molar-refractivity contribution in [2.24, 2.45) is 5.73 Å². The van der Waals surface area contributed by atoms with E-state index >= 15 is 0 Å². The van der Waals surface area contributed by atoms with Crippen molar-refractivity contribution in [3.05, 3.63) is 39.3 Å². The van der Waals surface area contributed by atoms with Crippen molar-refractivity contribution in [2.75, 3.05) is 0 Å². The number of hydrogen-bond acceptors (Lipinski definition) is 4. The van der Waals surface area contributed by atoms with E-state index in [1.54, 1.807) is 4.68 Å². The first kappa shape index (κ1) is 12.3. The maximum Gasteiger partial charge on any atom is 0.204 e. The molecule has 1 unspecified atom stereocenters. The normalized spacial score (nSPS) is 12.6. The standard InChI is InChI=1S/C11H12ClN3OS/c1-2-15-10(7(12)6-14-15)11(16)9(13)8-4-3-5-17-8/h3-6,9H,2,13H2,1H3. The van der Waals surface area contributed by atoms with E-state index in [2.05, 4.69) is 5.10 Å². The van der Waals surface area contributed by atoms with Gasteiger partial charge in [-0.25, -0.2) is 0 Å². The van der Waals surface area contributed by atoms with Gasteiger partial charge in [-0.05, 0) is 18.4 Å². The van der Waals surface area contributed by atoms with Gasteiger partial charge in [0.05, 0.1) is 11.2 Å². The van der Waals surface area contributed by atoms with Crippen LogP contribution in [-0.2, 0) is 6.54 Å². The molecule has 6 heteroatoms. The van der Waals surface area contributed by atoms with E-state index < -0.39 is 6.04 Å². The average molecular weight is 270 g/mol. The Kier molecular flexibility index (Phi) is 3.61. The number of aryl methyl sites for hydroxylation is 1. The Balaban J connectivity index is 2.34. The van der Waals surface area contributed by atoms with Crippen molar-refractivity contribution in [3.63, 3.8) is 0 Å². The largest absolute Gasteiger partial charge is 0.317 e. The summed E-state index contributed by atoms with van der Waals surface area (Å²) < 4.78 is 1.57. The van der Waals surface area contributed by atoms with Crippen molar-refractivity contribution in [3.8, 4) is 0 Å². The molecule has 0 saturated heterocycles. The number of thiophene rings is 1. The lowest BCUT2D eigenvalue weighted by Gasteiger charge is -2.10. The van der Waals surface area contributed by atoms with E-state index in [1.165, 1.54) is 17.5 Å². The van der Waals surface area contributed by atoms with Gasteiger partial charge in [-0.2, -0.15) is 5.10 Å². The van der Waals surface area contributed by atoms with Gasteiger partial charge in [-0.15, -0.1) is 11.3 Å². The molecule has 0 amide bonds. The number of ketones is 1. The number of carbonyl (C=O) groups is 1. The first-order valence-electron chi connectivity index (χ1n) is 5.19. The van der Waals surface area contributed by atoms with Crippen LogP contribution in [0.2, 0.25) is 5.02 Å². The molecule has 17 heavy (non-hydrogen) atoms. The fourth-order valence-corrected chi connectivity index (χ4v) is 2.55. The van der Waals surface area contributed by atoms with Gasteiger partial charge in [0.25, 0.3) is 0 Å². The zero-order valence-electron chi connectivity index (χ0n) is 9.26. The van der Waals surface area contributed by atoms with Gasteiger partial charge in [0.15, 0.2) is 0 Å². The van der Waals surface area contributed by atoms with Crippen molar-refractivity contribution in [2.45, 2.75) is 19.5 Å². The molecule has 2 N–H and O–H groups in total. The molecule has 0 aliphatic rings. The van der Waals surface area contributed by atoms with Gasteiger partial charge in [0.1, 0.15) is 11.7 Å². The van der Waals surface area contributed by atoms with Crippen LogP contribution in [0.1, 0.15) is 28.3 Å². The Hall–Kier alpha value is -1.17. The number of halogens is 1. The van der Waals surface area contributed by atoms with Crippen LogP contribution < -0.4 is 5.73 Å². The van der Waals surface area contributed by atoms with Gasteiger partial charge in [0, 0.05) is 11.4 Å². The second-order valence-electron chi connectivity index (χ2n) is 3.51. The summed E-state index contributed by atoms with van der Waals surface area (Å²) in [6, 6.07) is 3.04. The van der Waals surface area contributed by atoms with Gasteiger partial charge < -0.3 is 5.73 Å². The van der Waals surface area contributed by atoms with Gasteiger partial charge in [-0.3, -0.25) is 9.48 Å². The van der Waals surface area contributed by atoms with E-state index in [0.717, 1.165) is 4.88 Å². The lowest BCUT2D eigenvalue weighted by molar-refractivity contribution is 0.0952. The maximum atomic E-state index is 12.2. The molecular weight excluding hydrogens is 258 g/mol. The van der Waals surface area contributed by atoms with E-state index in [-0.39, 0.29) is 5.78 Å². The quantitative estimate of drug-likeness (QED) is 0.868. The molecule has 4 nitrogen and oxygen atoms in total. The molecule has 0 radical (unpaired) electrons. The van der Waals surface area contributed by atoms with E-state index in [0.29, 0.717) is 17.3 Å². The minimum Gasteiger partial charge on any atom is -0.317 e. The number of aromatic nitrogens is 2. The molecule has 0 aromatic carbocycles. The molecule has 0 aliphatic heterocycles. The Morgan fingerprint density at radius 1 is 1.71 bits per heavy atom. The van der Waals surface area contributed by atoms with Crippen molar-refractivity contribution < 1.29 is 4.79 Å². The smallest absolute Gasteiger partial charge is 0.204 e. The fraction of sp³-hybridized carbons (Fsp3) is 0.273. The summed E-state index contributed by atoms with van der Waals surface area (Å²) in [4.78, 5) is 13.1. The van der Waals surface area contributed by atoms with E-state index in [4.69, 9.17) is 17.3 Å². The first-order valence-corrected chi connectivity index (χ1v) is 6.45. The van der Waals surface area contributed by atoms with Gasteiger partial charge in [0.2, 0.25) is 5.78 Å². The van der Waals surface area contributed by atoms with Crippen LogP contribution in [0.3, 0.4) is 0 Å². The third-order valence-corrected chi connectivity index (χ3v) is 3.69. The molecular formula is C11H12ClN3OS. The Labute approximate surface area is 108 Å².